The predicted molar refractivity (Wildman–Crippen MR) is 85.5 cm³/mol. The molecule has 1 aromatic carbocycles. The number of aromatic nitrogens is 1. The minimum absolute atomic E-state index is 0.214. The van der Waals surface area contributed by atoms with Gasteiger partial charge < -0.3 is 14.4 Å². The van der Waals surface area contributed by atoms with Crippen molar-refractivity contribution in [3.63, 3.8) is 0 Å². The molecule has 2 aromatic rings. The normalized spacial score (nSPS) is 23.3. The third-order valence-electron chi connectivity index (χ3n) is 5.14. The zero-order valence-electron chi connectivity index (χ0n) is 13.4. The zero-order chi connectivity index (χ0) is 16.6. The lowest BCUT2D eigenvalue weighted by molar-refractivity contribution is -0.163. The fourth-order valence-corrected chi connectivity index (χ4v) is 3.91. The van der Waals surface area contributed by atoms with Gasteiger partial charge in [0.15, 0.2) is 0 Å². The summed E-state index contributed by atoms with van der Waals surface area (Å²) in [7, 11) is 3.24. The maximum Gasteiger partial charge on any atom is 0.314 e. The van der Waals surface area contributed by atoms with Gasteiger partial charge in [0.1, 0.15) is 11.5 Å². The molecule has 1 aliphatic carbocycles. The summed E-state index contributed by atoms with van der Waals surface area (Å²) in [6.45, 7) is 0. The van der Waals surface area contributed by atoms with Crippen LogP contribution in [-0.4, -0.2) is 22.8 Å². The van der Waals surface area contributed by atoms with Gasteiger partial charge in [-0.1, -0.05) is 18.2 Å². The topological polar surface area (TPSA) is 75.2 Å². The first kappa shape index (κ1) is 15.6. The molecule has 0 amide bonds. The molecule has 1 aromatic heterocycles. The van der Waals surface area contributed by atoms with E-state index in [9.17, 15) is 9.90 Å². The number of para-hydroxylation sites is 1. The molecule has 120 valence electrons. The maximum atomic E-state index is 12.4. The minimum Gasteiger partial charge on any atom is -0.469 e. The molecule has 0 spiro atoms. The van der Waals surface area contributed by atoms with Crippen LogP contribution in [0.25, 0.3) is 10.9 Å². The van der Waals surface area contributed by atoms with E-state index in [0.717, 1.165) is 22.2 Å². The smallest absolute Gasteiger partial charge is 0.314 e. The summed E-state index contributed by atoms with van der Waals surface area (Å²) in [5.41, 5.74) is 1.85. The molecular weight excluding hydrogens is 292 g/mol. The van der Waals surface area contributed by atoms with Crippen molar-refractivity contribution >= 4 is 16.9 Å². The Morgan fingerprint density at radius 1 is 1.52 bits per heavy atom. The fraction of sp³-hybridized carbons (Fsp3) is 0.444. The van der Waals surface area contributed by atoms with Gasteiger partial charge in [-0.15, -0.1) is 0 Å². The second-order valence-corrected chi connectivity index (χ2v) is 6.15. The van der Waals surface area contributed by atoms with E-state index in [1.165, 1.54) is 7.11 Å². The summed E-state index contributed by atoms with van der Waals surface area (Å²) in [5, 5.41) is 21.1. The van der Waals surface area contributed by atoms with Gasteiger partial charge in [0, 0.05) is 24.4 Å². The number of carbonyl (C=O) groups is 1. The van der Waals surface area contributed by atoms with E-state index in [1.54, 1.807) is 0 Å². The van der Waals surface area contributed by atoms with E-state index in [0.29, 0.717) is 19.3 Å². The molecule has 5 nitrogen and oxygen atoms in total. The number of nitrogens with zero attached hydrogens (tertiary/aromatic N) is 2. The van der Waals surface area contributed by atoms with E-state index in [2.05, 4.69) is 6.07 Å². The number of rotatable bonds is 3. The molecule has 5 heteroatoms. The molecule has 23 heavy (non-hydrogen) atoms. The van der Waals surface area contributed by atoms with Crippen LogP contribution in [0.1, 0.15) is 36.6 Å². The summed E-state index contributed by atoms with van der Waals surface area (Å²) in [5.74, 6) is -0.434. The molecule has 0 saturated carbocycles. The van der Waals surface area contributed by atoms with Crippen molar-refractivity contribution in [3.05, 3.63) is 35.5 Å². The fourth-order valence-electron chi connectivity index (χ4n) is 3.91. The van der Waals surface area contributed by atoms with Crippen molar-refractivity contribution in [2.24, 2.45) is 12.5 Å². The van der Waals surface area contributed by atoms with Crippen LogP contribution >= 0.6 is 0 Å². The van der Waals surface area contributed by atoms with E-state index in [4.69, 9.17) is 10.00 Å². The summed E-state index contributed by atoms with van der Waals surface area (Å²) in [6, 6.07) is 10.1. The quantitative estimate of drug-likeness (QED) is 0.884. The largest absolute Gasteiger partial charge is 0.469 e. The Kier molecular flexibility index (Phi) is 3.87. The number of nitriles is 1. The Morgan fingerprint density at radius 3 is 2.96 bits per heavy atom. The van der Waals surface area contributed by atoms with Gasteiger partial charge >= 0.3 is 5.97 Å². The number of methoxy groups -OCH3 is 1. The van der Waals surface area contributed by atoms with E-state index < -0.39 is 17.5 Å². The van der Waals surface area contributed by atoms with Crippen LogP contribution < -0.4 is 0 Å². The molecule has 0 radical (unpaired) electrons. The monoisotopic (exact) mass is 312 g/mol. The number of hydrogen-bond donors (Lipinski definition) is 1. The minimum atomic E-state index is -1.04. The molecule has 0 fully saturated rings. The highest BCUT2D eigenvalue weighted by atomic mass is 16.5. The first-order valence-electron chi connectivity index (χ1n) is 7.76. The van der Waals surface area contributed by atoms with Crippen LogP contribution in [0.5, 0.6) is 0 Å². The molecule has 1 heterocycles. The number of carbonyl (C=O) groups excluding carboxylic acids is 1. The summed E-state index contributed by atoms with van der Waals surface area (Å²) >= 11 is 0. The molecule has 0 bridgehead atoms. The Labute approximate surface area is 135 Å². The van der Waals surface area contributed by atoms with Crippen LogP contribution in [-0.2, 0) is 23.0 Å². The van der Waals surface area contributed by atoms with Crippen molar-refractivity contribution in [2.75, 3.05) is 7.11 Å². The standard InChI is InChI=1S/C18H20N2O3/c1-20-14-7-4-3-6-12(14)13-8-10-18(9-5-11-19,17(22)23-2)16(21)15(13)20/h3-4,6-7,16,21H,5,8-10H2,1-2H3. The van der Waals surface area contributed by atoms with Crippen molar-refractivity contribution < 1.29 is 14.6 Å². The highest BCUT2D eigenvalue weighted by Crippen LogP contribution is 2.50. The van der Waals surface area contributed by atoms with Crippen molar-refractivity contribution in [1.29, 1.82) is 5.26 Å². The van der Waals surface area contributed by atoms with Gasteiger partial charge in [-0.3, -0.25) is 4.79 Å². The lowest BCUT2D eigenvalue weighted by Gasteiger charge is -2.39. The van der Waals surface area contributed by atoms with Gasteiger partial charge in [0.2, 0.25) is 0 Å². The third kappa shape index (κ3) is 2.13. The zero-order valence-corrected chi connectivity index (χ0v) is 13.4. The maximum absolute atomic E-state index is 12.4. The Hall–Kier alpha value is -2.32. The first-order valence-corrected chi connectivity index (χ1v) is 7.76. The Morgan fingerprint density at radius 2 is 2.26 bits per heavy atom. The molecule has 2 atom stereocenters. The molecular formula is C18H20N2O3. The summed E-state index contributed by atoms with van der Waals surface area (Å²) in [4.78, 5) is 12.4. The SMILES string of the molecule is COC(=O)C1(CCC#N)CCc2c(n(C)c3ccccc23)C1O. The lowest BCUT2D eigenvalue weighted by atomic mass is 9.68. The highest BCUT2D eigenvalue weighted by molar-refractivity contribution is 5.87. The van der Waals surface area contributed by atoms with Crippen LogP contribution in [0, 0.1) is 16.7 Å². The number of aliphatic hydroxyl groups is 1. The number of aryl methyl sites for hydroxylation is 2. The van der Waals surface area contributed by atoms with Crippen molar-refractivity contribution in [1.82, 2.24) is 4.57 Å². The number of esters is 1. The van der Waals surface area contributed by atoms with E-state index in [1.807, 2.05) is 35.9 Å². The van der Waals surface area contributed by atoms with E-state index in [-0.39, 0.29) is 6.42 Å². The number of hydrogen-bond acceptors (Lipinski definition) is 4. The molecule has 1 N–H and O–H groups in total. The number of benzene rings is 1. The Balaban J connectivity index is 2.17. The third-order valence-corrected chi connectivity index (χ3v) is 5.14. The molecule has 2 unspecified atom stereocenters. The van der Waals surface area contributed by atoms with Crippen LogP contribution in [0.4, 0.5) is 0 Å². The Bertz CT molecular complexity index is 802. The molecule has 0 saturated heterocycles. The molecule has 0 aliphatic heterocycles. The van der Waals surface area contributed by atoms with Crippen LogP contribution in [0.15, 0.2) is 24.3 Å². The van der Waals surface area contributed by atoms with Gasteiger partial charge in [-0.05, 0) is 30.9 Å². The number of ether oxygens (including phenoxy) is 1. The summed E-state index contributed by atoms with van der Waals surface area (Å²) in [6.07, 6.45) is 0.728. The molecule has 3 rings (SSSR count). The van der Waals surface area contributed by atoms with Gasteiger partial charge in [-0.25, -0.2) is 0 Å². The van der Waals surface area contributed by atoms with Gasteiger partial charge in [0.05, 0.1) is 18.9 Å². The van der Waals surface area contributed by atoms with Gasteiger partial charge in [0.25, 0.3) is 0 Å². The average molecular weight is 312 g/mol. The second-order valence-electron chi connectivity index (χ2n) is 6.15. The molecule has 1 aliphatic rings. The first-order chi connectivity index (χ1) is 11.1. The number of fused-ring (bicyclic) bond motifs is 3. The summed E-state index contributed by atoms with van der Waals surface area (Å²) < 4.78 is 6.93. The predicted octanol–water partition coefficient (Wildman–Crippen LogP) is 2.62. The highest BCUT2D eigenvalue weighted by Gasteiger charge is 2.50. The average Bonchev–Trinajstić information content (AvgIpc) is 2.87. The van der Waals surface area contributed by atoms with E-state index >= 15 is 0 Å². The van der Waals surface area contributed by atoms with Gasteiger partial charge in [-0.2, -0.15) is 5.26 Å². The number of aliphatic hydroxyl groups excluding tert-OH is 1. The van der Waals surface area contributed by atoms with Crippen molar-refractivity contribution in [3.8, 4) is 6.07 Å². The van der Waals surface area contributed by atoms with Crippen LogP contribution in [0.3, 0.4) is 0 Å². The second kappa shape index (κ2) is 5.71. The lowest BCUT2D eigenvalue weighted by Crippen LogP contribution is -2.42. The van der Waals surface area contributed by atoms with Crippen molar-refractivity contribution in [2.45, 2.75) is 31.8 Å². The van der Waals surface area contributed by atoms with Crippen LogP contribution in [0.2, 0.25) is 0 Å².